The topological polar surface area (TPSA) is 75.4 Å². The Bertz CT molecular complexity index is 587. The number of rotatable bonds is 2. The molecule has 2 rings (SSSR count). The quantitative estimate of drug-likeness (QED) is 0.829. The van der Waals surface area contributed by atoms with Crippen LogP contribution in [0.5, 0.6) is 5.88 Å². The Morgan fingerprint density at radius 2 is 2.00 bits per heavy atom. The summed E-state index contributed by atoms with van der Waals surface area (Å²) in [4.78, 5) is 10.8. The summed E-state index contributed by atoms with van der Waals surface area (Å²) in [5, 5.41) is 22.3. The molecule has 0 fully saturated rings. The first-order chi connectivity index (χ1) is 7.99. The van der Waals surface area contributed by atoms with E-state index in [0.29, 0.717) is 5.69 Å². The molecule has 5 nitrogen and oxygen atoms in total. The third-order valence-corrected chi connectivity index (χ3v) is 2.50. The van der Waals surface area contributed by atoms with E-state index in [0.717, 1.165) is 17.2 Å². The average Bonchev–Trinajstić information content (AvgIpc) is 2.64. The maximum Gasteiger partial charge on any atom is 0.356 e. The van der Waals surface area contributed by atoms with Crippen LogP contribution < -0.4 is 0 Å². The molecular weight excluding hydrogens is 220 g/mol. The van der Waals surface area contributed by atoms with Crippen molar-refractivity contribution in [3.8, 4) is 11.6 Å². The van der Waals surface area contributed by atoms with Crippen molar-refractivity contribution in [2.24, 2.45) is 0 Å². The minimum Gasteiger partial charge on any atom is -0.493 e. The molecule has 17 heavy (non-hydrogen) atoms. The number of carboxylic acid groups (broad SMARTS) is 1. The Morgan fingerprint density at radius 1 is 1.29 bits per heavy atom. The van der Waals surface area contributed by atoms with Crippen LogP contribution in [0.25, 0.3) is 5.69 Å². The van der Waals surface area contributed by atoms with Crippen LogP contribution in [0, 0.1) is 13.8 Å². The number of nitrogens with zero attached hydrogens (tertiary/aromatic N) is 2. The van der Waals surface area contributed by atoms with Gasteiger partial charge < -0.3 is 10.2 Å². The third-order valence-electron chi connectivity index (χ3n) is 2.50. The molecule has 0 unspecified atom stereocenters. The molecule has 0 saturated heterocycles. The van der Waals surface area contributed by atoms with E-state index in [2.05, 4.69) is 5.10 Å². The first-order valence-electron chi connectivity index (χ1n) is 5.09. The smallest absolute Gasteiger partial charge is 0.356 e. The lowest BCUT2D eigenvalue weighted by atomic mass is 10.1. The van der Waals surface area contributed by atoms with E-state index in [1.54, 1.807) is 0 Å². The van der Waals surface area contributed by atoms with Gasteiger partial charge in [-0.1, -0.05) is 12.1 Å². The summed E-state index contributed by atoms with van der Waals surface area (Å²) in [5.74, 6) is -1.35. The molecule has 0 bridgehead atoms. The summed E-state index contributed by atoms with van der Waals surface area (Å²) in [6.07, 6.45) is 0. The molecule has 5 heteroatoms. The van der Waals surface area contributed by atoms with E-state index in [4.69, 9.17) is 5.11 Å². The van der Waals surface area contributed by atoms with Crippen LogP contribution in [0.15, 0.2) is 24.3 Å². The highest BCUT2D eigenvalue weighted by molar-refractivity contribution is 5.85. The van der Waals surface area contributed by atoms with E-state index in [9.17, 15) is 9.90 Å². The van der Waals surface area contributed by atoms with Crippen LogP contribution in [0.4, 0.5) is 0 Å². The Balaban J connectivity index is 2.60. The lowest BCUT2D eigenvalue weighted by Gasteiger charge is -2.07. The zero-order valence-corrected chi connectivity index (χ0v) is 9.51. The highest BCUT2D eigenvalue weighted by atomic mass is 16.4. The van der Waals surface area contributed by atoms with Crippen molar-refractivity contribution >= 4 is 5.97 Å². The molecule has 0 aliphatic rings. The molecule has 0 spiro atoms. The molecule has 1 aromatic heterocycles. The maximum absolute atomic E-state index is 10.8. The monoisotopic (exact) mass is 232 g/mol. The predicted octanol–water partition coefficient (Wildman–Crippen LogP) is 1.89. The molecule has 0 aliphatic carbocycles. The fourth-order valence-corrected chi connectivity index (χ4v) is 1.60. The molecule has 0 radical (unpaired) electrons. The Morgan fingerprint density at radius 3 is 2.59 bits per heavy atom. The highest BCUT2D eigenvalue weighted by Gasteiger charge is 2.14. The SMILES string of the molecule is Cc1ccc(C)c(-n2nc(C(=O)O)cc2O)c1. The molecule has 0 atom stereocenters. The van der Waals surface area contributed by atoms with Crippen LogP contribution in [0.1, 0.15) is 21.6 Å². The van der Waals surface area contributed by atoms with Gasteiger partial charge in [0, 0.05) is 6.07 Å². The van der Waals surface area contributed by atoms with E-state index < -0.39 is 5.97 Å². The van der Waals surface area contributed by atoms with Crippen molar-refractivity contribution in [3.63, 3.8) is 0 Å². The van der Waals surface area contributed by atoms with E-state index in [-0.39, 0.29) is 11.6 Å². The van der Waals surface area contributed by atoms with Crippen molar-refractivity contribution in [2.75, 3.05) is 0 Å². The van der Waals surface area contributed by atoms with Crippen LogP contribution >= 0.6 is 0 Å². The number of carbonyl (C=O) groups is 1. The van der Waals surface area contributed by atoms with Crippen molar-refractivity contribution in [1.82, 2.24) is 9.78 Å². The van der Waals surface area contributed by atoms with Gasteiger partial charge in [-0.2, -0.15) is 5.10 Å². The van der Waals surface area contributed by atoms with E-state index in [1.165, 1.54) is 4.68 Å². The standard InChI is InChI=1S/C12H12N2O3/c1-7-3-4-8(2)10(5-7)14-11(15)6-9(13-14)12(16)17/h3-6,15H,1-2H3,(H,16,17). The summed E-state index contributed by atoms with van der Waals surface area (Å²) in [6, 6.07) is 6.81. The second-order valence-corrected chi connectivity index (χ2v) is 3.89. The molecular formula is C12H12N2O3. The molecule has 0 aliphatic heterocycles. The van der Waals surface area contributed by atoms with Crippen molar-refractivity contribution in [2.45, 2.75) is 13.8 Å². The second kappa shape index (κ2) is 3.93. The number of aryl methyl sites for hydroxylation is 2. The minimum absolute atomic E-state index is 0.177. The Labute approximate surface area is 97.9 Å². The number of aromatic nitrogens is 2. The number of benzene rings is 1. The summed E-state index contributed by atoms with van der Waals surface area (Å²) in [6.45, 7) is 3.79. The largest absolute Gasteiger partial charge is 0.493 e. The molecule has 1 heterocycles. The average molecular weight is 232 g/mol. The van der Waals surface area contributed by atoms with Gasteiger partial charge in [-0.25, -0.2) is 9.48 Å². The van der Waals surface area contributed by atoms with Gasteiger partial charge >= 0.3 is 5.97 Å². The van der Waals surface area contributed by atoms with Crippen molar-refractivity contribution in [1.29, 1.82) is 0 Å². The van der Waals surface area contributed by atoms with Crippen LogP contribution in [0.2, 0.25) is 0 Å². The number of hydrogen-bond donors (Lipinski definition) is 2. The second-order valence-electron chi connectivity index (χ2n) is 3.89. The van der Waals surface area contributed by atoms with Gasteiger partial charge in [0.1, 0.15) is 0 Å². The molecule has 0 saturated carbocycles. The Hall–Kier alpha value is -2.30. The van der Waals surface area contributed by atoms with Crippen molar-refractivity contribution in [3.05, 3.63) is 41.1 Å². The number of hydrogen-bond acceptors (Lipinski definition) is 3. The third kappa shape index (κ3) is 1.99. The normalized spacial score (nSPS) is 10.5. The number of carboxylic acids is 1. The summed E-state index contributed by atoms with van der Waals surface area (Å²) in [5.41, 5.74) is 2.42. The first kappa shape index (κ1) is 11.2. The lowest BCUT2D eigenvalue weighted by molar-refractivity contribution is 0.0690. The van der Waals surface area contributed by atoms with E-state index >= 15 is 0 Å². The van der Waals surface area contributed by atoms with E-state index in [1.807, 2.05) is 32.0 Å². The lowest BCUT2D eigenvalue weighted by Crippen LogP contribution is -2.03. The van der Waals surface area contributed by atoms with Crippen LogP contribution in [-0.2, 0) is 0 Å². The van der Waals surface area contributed by atoms with Gasteiger partial charge in [0.15, 0.2) is 5.69 Å². The fraction of sp³-hybridized carbons (Fsp3) is 0.167. The van der Waals surface area contributed by atoms with Gasteiger partial charge in [0.05, 0.1) is 5.69 Å². The first-order valence-corrected chi connectivity index (χ1v) is 5.09. The summed E-state index contributed by atoms with van der Waals surface area (Å²) in [7, 11) is 0. The summed E-state index contributed by atoms with van der Waals surface area (Å²) < 4.78 is 1.23. The summed E-state index contributed by atoms with van der Waals surface area (Å²) >= 11 is 0. The zero-order valence-electron chi connectivity index (χ0n) is 9.51. The van der Waals surface area contributed by atoms with Gasteiger partial charge in [0.25, 0.3) is 0 Å². The minimum atomic E-state index is -1.16. The van der Waals surface area contributed by atoms with Gasteiger partial charge in [-0.3, -0.25) is 0 Å². The van der Waals surface area contributed by atoms with Crippen LogP contribution in [-0.4, -0.2) is 26.0 Å². The van der Waals surface area contributed by atoms with Crippen LogP contribution in [0.3, 0.4) is 0 Å². The maximum atomic E-state index is 10.8. The molecule has 2 N–H and O–H groups in total. The molecule has 2 aromatic rings. The molecule has 88 valence electrons. The van der Waals surface area contributed by atoms with Crippen molar-refractivity contribution < 1.29 is 15.0 Å². The number of aromatic carboxylic acids is 1. The Kier molecular flexibility index (Phi) is 2.59. The van der Waals surface area contributed by atoms with Gasteiger partial charge in [-0.15, -0.1) is 0 Å². The zero-order chi connectivity index (χ0) is 12.6. The van der Waals surface area contributed by atoms with Gasteiger partial charge in [0.2, 0.25) is 5.88 Å². The number of aromatic hydroxyl groups is 1. The molecule has 1 aromatic carbocycles. The predicted molar refractivity (Wildman–Crippen MR) is 61.7 cm³/mol. The fourth-order valence-electron chi connectivity index (χ4n) is 1.60. The van der Waals surface area contributed by atoms with Gasteiger partial charge in [-0.05, 0) is 31.0 Å². The highest BCUT2D eigenvalue weighted by Crippen LogP contribution is 2.21. The molecule has 0 amide bonds.